The third-order valence-corrected chi connectivity index (χ3v) is 5.33. The van der Waals surface area contributed by atoms with Gasteiger partial charge in [0.25, 0.3) is 0 Å². The fourth-order valence-electron chi connectivity index (χ4n) is 3.65. The molecule has 0 saturated carbocycles. The van der Waals surface area contributed by atoms with Crippen LogP contribution < -0.4 is 0 Å². The van der Waals surface area contributed by atoms with Gasteiger partial charge < -0.3 is 14.2 Å². The van der Waals surface area contributed by atoms with Crippen LogP contribution in [0.25, 0.3) is 0 Å². The van der Waals surface area contributed by atoms with Gasteiger partial charge in [-0.15, -0.1) is 0 Å². The SMILES string of the molecule is O=C(COCCN1CCOCC1)CC(=O)OCCC(c1ccccc1)c1ccccc1. The summed E-state index contributed by atoms with van der Waals surface area (Å²) in [6.45, 7) is 4.68. The maximum Gasteiger partial charge on any atom is 0.313 e. The average molecular weight is 426 g/mol. The first kappa shape index (κ1) is 23.1. The molecule has 1 aliphatic rings. The lowest BCUT2D eigenvalue weighted by atomic mass is 9.89. The molecule has 1 fully saturated rings. The zero-order valence-corrected chi connectivity index (χ0v) is 17.9. The number of hydrogen-bond donors (Lipinski definition) is 0. The highest BCUT2D eigenvalue weighted by Crippen LogP contribution is 2.27. The molecule has 166 valence electrons. The summed E-state index contributed by atoms with van der Waals surface area (Å²) < 4.78 is 16.1. The van der Waals surface area contributed by atoms with E-state index in [1.807, 2.05) is 36.4 Å². The Balaban J connectivity index is 1.36. The molecule has 0 bridgehead atoms. The van der Waals surface area contributed by atoms with Gasteiger partial charge in [-0.1, -0.05) is 60.7 Å². The molecule has 2 aromatic carbocycles. The van der Waals surface area contributed by atoms with Crippen LogP contribution in [0, 0.1) is 0 Å². The van der Waals surface area contributed by atoms with E-state index in [9.17, 15) is 9.59 Å². The van der Waals surface area contributed by atoms with E-state index in [1.165, 1.54) is 11.1 Å². The number of esters is 1. The van der Waals surface area contributed by atoms with Gasteiger partial charge in [0.15, 0.2) is 5.78 Å². The summed E-state index contributed by atoms with van der Waals surface area (Å²) in [6, 6.07) is 20.3. The Morgan fingerprint density at radius 1 is 0.903 bits per heavy atom. The minimum Gasteiger partial charge on any atom is -0.465 e. The monoisotopic (exact) mass is 425 g/mol. The van der Waals surface area contributed by atoms with Crippen LogP contribution in [0.2, 0.25) is 0 Å². The first-order chi connectivity index (χ1) is 15.2. The van der Waals surface area contributed by atoms with Crippen LogP contribution in [0.5, 0.6) is 0 Å². The highest BCUT2D eigenvalue weighted by Gasteiger charge is 2.16. The van der Waals surface area contributed by atoms with E-state index in [2.05, 4.69) is 29.2 Å². The second-order valence-corrected chi connectivity index (χ2v) is 7.61. The Bertz CT molecular complexity index is 751. The largest absolute Gasteiger partial charge is 0.465 e. The summed E-state index contributed by atoms with van der Waals surface area (Å²) in [5.41, 5.74) is 2.35. The van der Waals surface area contributed by atoms with Crippen LogP contribution in [0.3, 0.4) is 0 Å². The predicted molar refractivity (Wildman–Crippen MR) is 118 cm³/mol. The standard InChI is InChI=1S/C25H31NO5/c27-23(20-30-18-14-26-12-16-29-17-13-26)19-25(28)31-15-11-24(21-7-3-1-4-8-21)22-9-5-2-6-10-22/h1-10,24H,11-20H2. The summed E-state index contributed by atoms with van der Waals surface area (Å²) in [5, 5.41) is 0. The maximum atomic E-state index is 12.1. The fraction of sp³-hybridized carbons (Fsp3) is 0.440. The minimum absolute atomic E-state index is 0.0594. The number of nitrogens with zero attached hydrogens (tertiary/aromatic N) is 1. The van der Waals surface area contributed by atoms with Crippen molar-refractivity contribution < 1.29 is 23.8 Å². The lowest BCUT2D eigenvalue weighted by molar-refractivity contribution is -0.147. The van der Waals surface area contributed by atoms with Gasteiger partial charge in [0.1, 0.15) is 13.0 Å². The summed E-state index contributed by atoms with van der Waals surface area (Å²) in [5.74, 6) is -0.620. The average Bonchev–Trinajstić information content (AvgIpc) is 2.81. The van der Waals surface area contributed by atoms with Crippen LogP contribution >= 0.6 is 0 Å². The number of rotatable bonds is 12. The highest BCUT2D eigenvalue weighted by atomic mass is 16.5. The van der Waals surface area contributed by atoms with Gasteiger partial charge in [-0.25, -0.2) is 0 Å². The normalized spacial score (nSPS) is 14.5. The lowest BCUT2D eigenvalue weighted by Crippen LogP contribution is -2.38. The summed E-state index contributed by atoms with van der Waals surface area (Å²) in [6.07, 6.45) is 0.406. The first-order valence-corrected chi connectivity index (χ1v) is 10.9. The molecule has 0 amide bonds. The smallest absolute Gasteiger partial charge is 0.313 e. The molecule has 1 saturated heterocycles. The molecule has 6 heteroatoms. The lowest BCUT2D eigenvalue weighted by Gasteiger charge is -2.26. The molecule has 0 aromatic heterocycles. The number of carbonyl (C=O) groups is 2. The van der Waals surface area contributed by atoms with Crippen molar-refractivity contribution in [3.8, 4) is 0 Å². The van der Waals surface area contributed by atoms with Crippen molar-refractivity contribution in [2.75, 3.05) is 52.7 Å². The molecule has 1 aliphatic heterocycles. The molecule has 0 unspecified atom stereocenters. The van der Waals surface area contributed by atoms with Crippen LogP contribution in [0.1, 0.15) is 29.9 Å². The molecule has 0 aliphatic carbocycles. The second-order valence-electron chi connectivity index (χ2n) is 7.61. The summed E-state index contributed by atoms with van der Waals surface area (Å²) in [4.78, 5) is 26.3. The van der Waals surface area contributed by atoms with Gasteiger partial charge in [0.2, 0.25) is 0 Å². The number of benzene rings is 2. The van der Waals surface area contributed by atoms with Gasteiger partial charge in [0.05, 0.1) is 26.4 Å². The van der Waals surface area contributed by atoms with Crippen molar-refractivity contribution >= 4 is 11.8 Å². The molecule has 0 spiro atoms. The third kappa shape index (κ3) is 8.25. The number of carbonyl (C=O) groups excluding carboxylic acids is 2. The topological polar surface area (TPSA) is 65.1 Å². The van der Waals surface area contributed by atoms with Crippen molar-refractivity contribution in [1.82, 2.24) is 4.90 Å². The fourth-order valence-corrected chi connectivity index (χ4v) is 3.65. The predicted octanol–water partition coefficient (Wildman–Crippen LogP) is 3.06. The molecule has 1 heterocycles. The van der Waals surface area contributed by atoms with E-state index in [1.54, 1.807) is 0 Å². The van der Waals surface area contributed by atoms with E-state index in [4.69, 9.17) is 14.2 Å². The third-order valence-electron chi connectivity index (χ3n) is 5.33. The number of Topliss-reactive ketones (excluding diaryl/α,β-unsaturated/α-hetero) is 1. The number of hydrogen-bond acceptors (Lipinski definition) is 6. The van der Waals surface area contributed by atoms with E-state index in [0.717, 1.165) is 32.8 Å². The summed E-state index contributed by atoms with van der Waals surface area (Å²) in [7, 11) is 0. The van der Waals surface area contributed by atoms with Gasteiger partial charge >= 0.3 is 5.97 Å². The Morgan fingerprint density at radius 2 is 1.52 bits per heavy atom. The van der Waals surface area contributed by atoms with Crippen LogP contribution in [-0.2, 0) is 23.8 Å². The quantitative estimate of drug-likeness (QED) is 0.296. The van der Waals surface area contributed by atoms with Gasteiger partial charge in [-0.2, -0.15) is 0 Å². The zero-order chi connectivity index (χ0) is 21.7. The van der Waals surface area contributed by atoms with Gasteiger partial charge in [0, 0.05) is 25.6 Å². The number of ketones is 1. The molecule has 3 rings (SSSR count). The van der Waals surface area contributed by atoms with E-state index >= 15 is 0 Å². The van der Waals surface area contributed by atoms with Crippen LogP contribution in [0.4, 0.5) is 0 Å². The highest BCUT2D eigenvalue weighted by molar-refractivity contribution is 5.96. The van der Waals surface area contributed by atoms with Gasteiger partial charge in [-0.05, 0) is 17.5 Å². The first-order valence-electron chi connectivity index (χ1n) is 10.9. The van der Waals surface area contributed by atoms with Crippen molar-refractivity contribution in [3.05, 3.63) is 71.8 Å². The molecule has 6 nitrogen and oxygen atoms in total. The van der Waals surface area contributed by atoms with Crippen molar-refractivity contribution in [3.63, 3.8) is 0 Å². The number of ether oxygens (including phenoxy) is 3. The minimum atomic E-state index is -0.498. The molecule has 2 aromatic rings. The molecule has 0 atom stereocenters. The second kappa shape index (κ2) is 13.0. The molecule has 0 radical (unpaired) electrons. The van der Waals surface area contributed by atoms with Crippen LogP contribution in [-0.4, -0.2) is 69.3 Å². The van der Waals surface area contributed by atoms with Crippen LogP contribution in [0.15, 0.2) is 60.7 Å². The van der Waals surface area contributed by atoms with Crippen molar-refractivity contribution in [2.45, 2.75) is 18.8 Å². The van der Waals surface area contributed by atoms with E-state index < -0.39 is 5.97 Å². The Kier molecular flexibility index (Phi) is 9.70. The zero-order valence-electron chi connectivity index (χ0n) is 17.9. The van der Waals surface area contributed by atoms with Crippen molar-refractivity contribution in [2.24, 2.45) is 0 Å². The summed E-state index contributed by atoms with van der Waals surface area (Å²) >= 11 is 0. The van der Waals surface area contributed by atoms with E-state index in [-0.39, 0.29) is 31.3 Å². The molecule has 31 heavy (non-hydrogen) atoms. The molecule has 0 N–H and O–H groups in total. The Labute approximate surface area is 184 Å². The van der Waals surface area contributed by atoms with Crippen molar-refractivity contribution in [1.29, 1.82) is 0 Å². The molecular weight excluding hydrogens is 394 g/mol. The Hall–Kier alpha value is -2.54. The maximum absolute atomic E-state index is 12.1. The Morgan fingerprint density at radius 3 is 2.13 bits per heavy atom. The molecular formula is C25H31NO5. The van der Waals surface area contributed by atoms with E-state index in [0.29, 0.717) is 13.0 Å². The van der Waals surface area contributed by atoms with Gasteiger partial charge in [-0.3, -0.25) is 14.5 Å². The number of morpholine rings is 1.